The van der Waals surface area contributed by atoms with Crippen molar-refractivity contribution in [1.82, 2.24) is 14.7 Å². The highest BCUT2D eigenvalue weighted by molar-refractivity contribution is 5.79. The molecule has 1 aromatic heterocycles. The first-order valence-corrected chi connectivity index (χ1v) is 6.24. The zero-order valence-electron chi connectivity index (χ0n) is 11.9. The standard InChI is InChI=1S/C13H23N3O2/c1-9(17)6-7-15(4)13(18)8-12-10(2)14-16(5)11(12)3/h9,17H,6-8H2,1-5H3. The Labute approximate surface area is 108 Å². The van der Waals surface area contributed by atoms with Gasteiger partial charge in [0.25, 0.3) is 0 Å². The van der Waals surface area contributed by atoms with Crippen LogP contribution in [0.5, 0.6) is 0 Å². The maximum atomic E-state index is 12.0. The third kappa shape index (κ3) is 3.57. The monoisotopic (exact) mass is 253 g/mol. The van der Waals surface area contributed by atoms with Crippen molar-refractivity contribution in [3.05, 3.63) is 17.0 Å². The van der Waals surface area contributed by atoms with Crippen LogP contribution in [0.25, 0.3) is 0 Å². The quantitative estimate of drug-likeness (QED) is 0.844. The Morgan fingerprint density at radius 3 is 2.56 bits per heavy atom. The first-order valence-electron chi connectivity index (χ1n) is 6.24. The molecule has 102 valence electrons. The van der Waals surface area contributed by atoms with Crippen LogP contribution in [-0.4, -0.2) is 45.4 Å². The van der Waals surface area contributed by atoms with Crippen molar-refractivity contribution >= 4 is 5.91 Å². The second kappa shape index (κ2) is 6.00. The Bertz CT molecular complexity index is 424. The third-order valence-electron chi connectivity index (χ3n) is 3.29. The molecule has 0 saturated heterocycles. The van der Waals surface area contributed by atoms with E-state index in [1.807, 2.05) is 20.9 Å². The van der Waals surface area contributed by atoms with Crippen LogP contribution in [0.15, 0.2) is 0 Å². The van der Waals surface area contributed by atoms with Crippen LogP contribution in [0.2, 0.25) is 0 Å². The minimum Gasteiger partial charge on any atom is -0.393 e. The predicted molar refractivity (Wildman–Crippen MR) is 70.3 cm³/mol. The SMILES string of the molecule is Cc1nn(C)c(C)c1CC(=O)N(C)CCC(C)O. The van der Waals surface area contributed by atoms with Gasteiger partial charge in [-0.05, 0) is 27.2 Å². The maximum Gasteiger partial charge on any atom is 0.226 e. The summed E-state index contributed by atoms with van der Waals surface area (Å²) in [6.07, 6.45) is 0.608. The van der Waals surface area contributed by atoms with E-state index in [0.717, 1.165) is 17.0 Å². The number of nitrogens with zero attached hydrogens (tertiary/aromatic N) is 3. The Morgan fingerprint density at radius 1 is 1.50 bits per heavy atom. The number of likely N-dealkylation sites (N-methyl/N-ethyl adjacent to an activating group) is 1. The normalized spacial score (nSPS) is 12.6. The Morgan fingerprint density at radius 2 is 2.11 bits per heavy atom. The zero-order valence-corrected chi connectivity index (χ0v) is 11.9. The van der Waals surface area contributed by atoms with Crippen LogP contribution < -0.4 is 0 Å². The van der Waals surface area contributed by atoms with Gasteiger partial charge in [0.05, 0.1) is 18.2 Å². The minimum atomic E-state index is -0.373. The second-order valence-electron chi connectivity index (χ2n) is 4.90. The number of aliphatic hydroxyl groups excluding tert-OH is 1. The van der Waals surface area contributed by atoms with E-state index in [2.05, 4.69) is 5.10 Å². The van der Waals surface area contributed by atoms with Gasteiger partial charge >= 0.3 is 0 Å². The summed E-state index contributed by atoms with van der Waals surface area (Å²) in [4.78, 5) is 13.7. The van der Waals surface area contributed by atoms with E-state index in [0.29, 0.717) is 19.4 Å². The molecule has 1 rings (SSSR count). The number of amides is 1. The lowest BCUT2D eigenvalue weighted by Crippen LogP contribution is -2.31. The fraction of sp³-hybridized carbons (Fsp3) is 0.692. The van der Waals surface area contributed by atoms with Crippen LogP contribution >= 0.6 is 0 Å². The molecule has 1 aromatic rings. The lowest BCUT2D eigenvalue weighted by molar-refractivity contribution is -0.129. The second-order valence-corrected chi connectivity index (χ2v) is 4.90. The van der Waals surface area contributed by atoms with Gasteiger partial charge in [-0.25, -0.2) is 0 Å². The summed E-state index contributed by atoms with van der Waals surface area (Å²) >= 11 is 0. The van der Waals surface area contributed by atoms with E-state index in [1.165, 1.54) is 0 Å². The fourth-order valence-electron chi connectivity index (χ4n) is 1.86. The number of rotatable bonds is 5. The summed E-state index contributed by atoms with van der Waals surface area (Å²) in [6.45, 7) is 6.20. The van der Waals surface area contributed by atoms with Gasteiger partial charge in [0.2, 0.25) is 5.91 Å². The highest BCUT2D eigenvalue weighted by Crippen LogP contribution is 2.13. The summed E-state index contributed by atoms with van der Waals surface area (Å²) < 4.78 is 1.80. The van der Waals surface area contributed by atoms with Crippen LogP contribution in [-0.2, 0) is 18.3 Å². The van der Waals surface area contributed by atoms with Gasteiger partial charge in [0.15, 0.2) is 0 Å². The highest BCUT2D eigenvalue weighted by Gasteiger charge is 2.16. The summed E-state index contributed by atoms with van der Waals surface area (Å²) in [7, 11) is 3.65. The summed E-state index contributed by atoms with van der Waals surface area (Å²) in [5.41, 5.74) is 2.95. The van der Waals surface area contributed by atoms with Crippen LogP contribution in [0.1, 0.15) is 30.3 Å². The molecule has 0 spiro atoms. The molecule has 1 atom stereocenters. The average molecular weight is 253 g/mol. The molecule has 5 nitrogen and oxygen atoms in total. The molecule has 18 heavy (non-hydrogen) atoms. The molecular formula is C13H23N3O2. The molecule has 0 aromatic carbocycles. The summed E-state index contributed by atoms with van der Waals surface area (Å²) in [6, 6.07) is 0. The van der Waals surface area contributed by atoms with Gasteiger partial charge in [0.1, 0.15) is 0 Å². The van der Waals surface area contributed by atoms with Crippen molar-refractivity contribution in [2.75, 3.05) is 13.6 Å². The molecule has 0 fully saturated rings. The molecule has 1 N–H and O–H groups in total. The van der Waals surface area contributed by atoms with Crippen molar-refractivity contribution in [2.45, 2.75) is 39.7 Å². The first kappa shape index (κ1) is 14.7. The fourth-order valence-corrected chi connectivity index (χ4v) is 1.86. The number of aromatic nitrogens is 2. The lowest BCUT2D eigenvalue weighted by Gasteiger charge is -2.18. The van der Waals surface area contributed by atoms with Crippen molar-refractivity contribution < 1.29 is 9.90 Å². The third-order valence-corrected chi connectivity index (χ3v) is 3.29. The average Bonchev–Trinajstić information content (AvgIpc) is 2.52. The minimum absolute atomic E-state index is 0.0647. The molecule has 1 unspecified atom stereocenters. The van der Waals surface area contributed by atoms with Gasteiger partial charge < -0.3 is 10.0 Å². The summed E-state index contributed by atoms with van der Waals surface area (Å²) in [5, 5.41) is 13.5. The predicted octanol–water partition coefficient (Wildman–Crippen LogP) is 0.809. The van der Waals surface area contributed by atoms with E-state index in [1.54, 1.807) is 23.6 Å². The first-order chi connectivity index (χ1) is 8.32. The van der Waals surface area contributed by atoms with Crippen molar-refractivity contribution in [3.63, 3.8) is 0 Å². The molecule has 0 radical (unpaired) electrons. The molecule has 1 heterocycles. The number of carbonyl (C=O) groups is 1. The van der Waals surface area contributed by atoms with Gasteiger partial charge in [-0.15, -0.1) is 0 Å². The number of aryl methyl sites for hydroxylation is 2. The molecule has 0 bridgehead atoms. The molecule has 0 aliphatic carbocycles. The van der Waals surface area contributed by atoms with E-state index >= 15 is 0 Å². The largest absolute Gasteiger partial charge is 0.393 e. The topological polar surface area (TPSA) is 58.4 Å². The molecule has 0 saturated carbocycles. The highest BCUT2D eigenvalue weighted by atomic mass is 16.3. The molecule has 5 heteroatoms. The maximum absolute atomic E-state index is 12.0. The molecule has 0 aliphatic rings. The van der Waals surface area contributed by atoms with Crippen LogP contribution in [0.3, 0.4) is 0 Å². The molecular weight excluding hydrogens is 230 g/mol. The zero-order chi connectivity index (χ0) is 13.9. The van der Waals surface area contributed by atoms with E-state index in [-0.39, 0.29) is 12.0 Å². The number of carbonyl (C=O) groups excluding carboxylic acids is 1. The number of hydrogen-bond acceptors (Lipinski definition) is 3. The van der Waals surface area contributed by atoms with E-state index in [4.69, 9.17) is 0 Å². The molecule has 0 aliphatic heterocycles. The van der Waals surface area contributed by atoms with Gasteiger partial charge in [-0.2, -0.15) is 5.10 Å². The Hall–Kier alpha value is -1.36. The van der Waals surface area contributed by atoms with Crippen molar-refractivity contribution in [1.29, 1.82) is 0 Å². The van der Waals surface area contributed by atoms with Crippen LogP contribution in [0, 0.1) is 13.8 Å². The lowest BCUT2D eigenvalue weighted by atomic mass is 10.1. The van der Waals surface area contributed by atoms with Gasteiger partial charge in [-0.3, -0.25) is 9.48 Å². The number of aliphatic hydroxyl groups is 1. The van der Waals surface area contributed by atoms with Gasteiger partial charge in [-0.1, -0.05) is 0 Å². The molecule has 1 amide bonds. The van der Waals surface area contributed by atoms with Crippen LogP contribution in [0.4, 0.5) is 0 Å². The van der Waals surface area contributed by atoms with Crippen molar-refractivity contribution in [2.24, 2.45) is 7.05 Å². The summed E-state index contributed by atoms with van der Waals surface area (Å²) in [5.74, 6) is 0.0647. The number of hydrogen-bond donors (Lipinski definition) is 1. The van der Waals surface area contributed by atoms with Gasteiger partial charge in [0, 0.05) is 31.9 Å². The van der Waals surface area contributed by atoms with E-state index in [9.17, 15) is 9.90 Å². The Balaban J connectivity index is 2.64. The smallest absolute Gasteiger partial charge is 0.226 e. The van der Waals surface area contributed by atoms with Crippen molar-refractivity contribution in [3.8, 4) is 0 Å². The van der Waals surface area contributed by atoms with E-state index < -0.39 is 0 Å². The Kier molecular flexibility index (Phi) is 4.90.